The predicted molar refractivity (Wildman–Crippen MR) is 54.5 cm³/mol. The number of fused-ring (bicyclic) bond motifs is 10. The standard InChI is InChI=1S/C8H12N.C5H5.Fe/c1-5-4-6(2)8(9)7(5)3;1-2-4-5-3-1;/h4H,9H2,1-3H3;1-5H;. The molecule has 10 rings (SSSR count). The summed E-state index contributed by atoms with van der Waals surface area (Å²) in [5.74, 6) is 0. The van der Waals surface area contributed by atoms with E-state index >= 15 is 0 Å². The van der Waals surface area contributed by atoms with Crippen molar-refractivity contribution in [3.8, 4) is 0 Å². The van der Waals surface area contributed by atoms with E-state index in [4.69, 9.17) is 5.73 Å². The van der Waals surface area contributed by atoms with Gasteiger partial charge in [0.05, 0.1) is 0 Å². The van der Waals surface area contributed by atoms with E-state index in [2.05, 4.69) is 20.8 Å². The van der Waals surface area contributed by atoms with Crippen LogP contribution in [0.5, 0.6) is 0 Å². The van der Waals surface area contributed by atoms with Gasteiger partial charge in [-0.3, -0.25) is 0 Å². The van der Waals surface area contributed by atoms with Gasteiger partial charge >= 0.3 is 79.3 Å². The van der Waals surface area contributed by atoms with E-state index in [-0.39, 0.29) is 0 Å². The molecule has 0 aromatic carbocycles. The predicted octanol–water partition coefficient (Wildman–Crippen LogP) is 3.41. The first-order valence-electron chi connectivity index (χ1n) is 6.71. The summed E-state index contributed by atoms with van der Waals surface area (Å²) >= 11 is 0. The van der Waals surface area contributed by atoms with E-state index < -0.39 is 6.51 Å². The van der Waals surface area contributed by atoms with Crippen molar-refractivity contribution < 1.29 is 6.51 Å². The van der Waals surface area contributed by atoms with Crippen LogP contribution in [0.15, 0.2) is 0 Å². The minimum absolute atomic E-state index is 0.531. The number of rotatable bonds is 0. The van der Waals surface area contributed by atoms with Gasteiger partial charge in [0.25, 0.3) is 0 Å². The van der Waals surface area contributed by atoms with E-state index in [9.17, 15) is 0 Å². The Hall–Kier alpha value is 0.479. The molecule has 10 aliphatic rings. The zero-order valence-corrected chi connectivity index (χ0v) is 10.5. The van der Waals surface area contributed by atoms with Crippen LogP contribution in [0.4, 0.5) is 0 Å². The van der Waals surface area contributed by atoms with Crippen LogP contribution in [0.1, 0.15) is 20.8 Å². The Morgan fingerprint density at radius 1 is 0.867 bits per heavy atom. The monoisotopic (exact) mass is 243 g/mol. The van der Waals surface area contributed by atoms with E-state index in [0.717, 1.165) is 12.9 Å². The molecule has 0 bridgehead atoms. The van der Waals surface area contributed by atoms with Crippen LogP contribution in [0.25, 0.3) is 0 Å². The van der Waals surface area contributed by atoms with Crippen molar-refractivity contribution in [2.24, 2.45) is 5.73 Å². The Bertz CT molecular complexity index is 937. The molecule has 0 saturated carbocycles. The molecule has 5 unspecified atom stereocenters. The van der Waals surface area contributed by atoms with Crippen LogP contribution < -0.4 is 5.73 Å². The average Bonchev–Trinajstić information content (AvgIpc) is 3.14. The van der Waals surface area contributed by atoms with Gasteiger partial charge in [-0.2, -0.15) is 0 Å². The van der Waals surface area contributed by atoms with Crippen molar-refractivity contribution in [2.75, 3.05) is 0 Å². The zero-order valence-electron chi connectivity index (χ0n) is 9.40. The SMILES string of the molecule is C[C]12[CH]3[C]4(C)[C]5(N)[C]1(C)[Fe]32451678[CH]2[CH]1[CH]6[CH]7[CH]28. The van der Waals surface area contributed by atoms with Crippen LogP contribution >= 0.6 is 0 Å². The van der Waals surface area contributed by atoms with Gasteiger partial charge in [-0.05, 0) is 0 Å². The summed E-state index contributed by atoms with van der Waals surface area (Å²) in [5.41, 5.74) is 7.21. The van der Waals surface area contributed by atoms with Gasteiger partial charge in [-0.1, -0.05) is 0 Å². The van der Waals surface area contributed by atoms with Gasteiger partial charge in [-0.15, -0.1) is 0 Å². The Balaban J connectivity index is 2.06. The molecule has 10 heterocycles. The Morgan fingerprint density at radius 2 is 1.33 bits per heavy atom. The van der Waals surface area contributed by atoms with Crippen LogP contribution in [0.2, 0.25) is 41.8 Å². The van der Waals surface area contributed by atoms with Crippen molar-refractivity contribution in [2.45, 2.75) is 67.0 Å². The molecule has 1 nitrogen and oxygen atoms in total. The van der Waals surface area contributed by atoms with Crippen molar-refractivity contribution in [3.05, 3.63) is 0 Å². The molecule has 15 heavy (non-hydrogen) atoms. The van der Waals surface area contributed by atoms with Crippen molar-refractivity contribution in [1.82, 2.24) is 0 Å². The molecule has 0 aliphatic carbocycles. The van der Waals surface area contributed by atoms with E-state index in [0.29, 0.717) is 4.44 Å². The van der Waals surface area contributed by atoms with Crippen LogP contribution in [-0.4, -0.2) is 4.44 Å². The molecule has 0 aromatic heterocycles. The van der Waals surface area contributed by atoms with E-state index in [1.165, 1.54) is 28.9 Å². The second-order valence-electron chi connectivity index (χ2n) is 11.0. The summed E-state index contributed by atoms with van der Waals surface area (Å²) in [5, 5.41) is 0. The fourth-order valence-corrected chi connectivity index (χ4v) is 103. The third-order valence-corrected chi connectivity index (χ3v) is 65.3. The molecule has 10 fully saturated rings. The van der Waals surface area contributed by atoms with Gasteiger partial charge in [0.2, 0.25) is 0 Å². The Kier molecular flexibility index (Phi) is 0.124. The maximum atomic E-state index is 7.21. The fraction of sp³-hybridized carbons (Fsp3) is 1.00. The number of nitrogens with two attached hydrogens (primary N) is 1. The average molecular weight is 243 g/mol. The molecular weight excluding hydrogens is 226 g/mol. The third-order valence-electron chi connectivity index (χ3n) is 17.7. The molecule has 0 aromatic rings. The van der Waals surface area contributed by atoms with E-state index in [1.807, 2.05) is 0 Å². The summed E-state index contributed by atoms with van der Waals surface area (Å²) in [7, 11) is 0. The quantitative estimate of drug-likeness (QED) is 0.648. The Morgan fingerprint density at radius 3 is 1.33 bits per heavy atom. The van der Waals surface area contributed by atoms with Crippen LogP contribution in [0, 0.1) is 0 Å². The molecule has 0 radical (unpaired) electrons. The minimum atomic E-state index is -3.18. The van der Waals surface area contributed by atoms with Gasteiger partial charge < -0.3 is 0 Å². The molecule has 0 amide bonds. The first kappa shape index (κ1) is 5.42. The molecular formula is C13H17FeN. The van der Waals surface area contributed by atoms with Crippen LogP contribution in [0.3, 0.4) is 0 Å². The summed E-state index contributed by atoms with van der Waals surface area (Å²) in [6.45, 7) is 5.00. The summed E-state index contributed by atoms with van der Waals surface area (Å²) in [6, 6.07) is 0. The Labute approximate surface area is 79.4 Å². The first-order valence-corrected chi connectivity index (χ1v) is 12.7. The molecule has 82 valence electrons. The fourth-order valence-electron chi connectivity index (χ4n) is 20.8. The van der Waals surface area contributed by atoms with Crippen molar-refractivity contribution in [3.63, 3.8) is 0 Å². The third kappa shape index (κ3) is 0.0345. The van der Waals surface area contributed by atoms with Gasteiger partial charge in [0, 0.05) is 0 Å². The summed E-state index contributed by atoms with van der Waals surface area (Å²) in [6.07, 6.45) is 0. The summed E-state index contributed by atoms with van der Waals surface area (Å²) in [4.78, 5) is 7.98. The molecule has 2 N–H and O–H groups in total. The molecule has 5 atom stereocenters. The molecule has 10 aliphatic heterocycles. The second kappa shape index (κ2) is 0.344. The van der Waals surface area contributed by atoms with Crippen molar-refractivity contribution in [1.29, 1.82) is 0 Å². The second-order valence-corrected chi connectivity index (χ2v) is 34.4. The van der Waals surface area contributed by atoms with Crippen molar-refractivity contribution >= 4 is 0 Å². The van der Waals surface area contributed by atoms with Gasteiger partial charge in [0.1, 0.15) is 0 Å². The maximum absolute atomic E-state index is 7.21. The molecule has 2 heteroatoms. The number of hydrogen-bond acceptors (Lipinski definition) is 1. The normalized spacial score (nSPS) is 149. The van der Waals surface area contributed by atoms with Gasteiger partial charge in [0.15, 0.2) is 0 Å². The first-order chi connectivity index (χ1) is 6.72. The van der Waals surface area contributed by atoms with Gasteiger partial charge in [-0.25, -0.2) is 0 Å². The molecule has 1 spiro atoms. The molecule has 10 saturated heterocycles. The number of hydrogen-bond donors (Lipinski definition) is 1. The topological polar surface area (TPSA) is 26.0 Å². The van der Waals surface area contributed by atoms with Crippen LogP contribution in [-0.2, 0) is 6.51 Å². The zero-order chi connectivity index (χ0) is 9.78. The summed E-state index contributed by atoms with van der Waals surface area (Å²) < 4.78 is 3.10. The van der Waals surface area contributed by atoms with E-state index in [1.54, 1.807) is 0 Å².